The van der Waals surface area contributed by atoms with Gasteiger partial charge in [0.15, 0.2) is 0 Å². The summed E-state index contributed by atoms with van der Waals surface area (Å²) < 4.78 is 5.70. The molecule has 0 aromatic carbocycles. The number of aliphatic carboxylic acids is 1. The zero-order valence-corrected chi connectivity index (χ0v) is 11.7. The molecule has 1 atom stereocenters. The van der Waals surface area contributed by atoms with Gasteiger partial charge >= 0.3 is 5.97 Å². The van der Waals surface area contributed by atoms with Crippen LogP contribution in [0.1, 0.15) is 65.2 Å². The lowest BCUT2D eigenvalue weighted by atomic mass is 9.67. The first-order valence-corrected chi connectivity index (χ1v) is 7.31. The highest BCUT2D eigenvalue weighted by atomic mass is 16.5. The number of carboxylic acids is 1. The third-order valence-electron chi connectivity index (χ3n) is 4.70. The van der Waals surface area contributed by atoms with Gasteiger partial charge < -0.3 is 9.84 Å². The Balaban J connectivity index is 2.08. The van der Waals surface area contributed by atoms with Crippen molar-refractivity contribution in [3.8, 4) is 0 Å². The van der Waals surface area contributed by atoms with Gasteiger partial charge in [0.25, 0.3) is 0 Å². The summed E-state index contributed by atoms with van der Waals surface area (Å²) in [5.74, 6) is 0.00759. The molecule has 3 heteroatoms. The molecular formula is C15H26O3. The van der Waals surface area contributed by atoms with Crippen LogP contribution in [0.2, 0.25) is 0 Å². The number of rotatable bonds is 3. The van der Waals surface area contributed by atoms with Crippen LogP contribution in [0, 0.1) is 11.3 Å². The van der Waals surface area contributed by atoms with Gasteiger partial charge in [0, 0.05) is 6.61 Å². The Morgan fingerprint density at radius 3 is 2.50 bits per heavy atom. The second kappa shape index (κ2) is 5.20. The monoisotopic (exact) mass is 254 g/mol. The van der Waals surface area contributed by atoms with Gasteiger partial charge in [-0.2, -0.15) is 0 Å². The van der Waals surface area contributed by atoms with E-state index < -0.39 is 11.4 Å². The number of carbonyl (C=O) groups is 1. The van der Waals surface area contributed by atoms with Crippen molar-refractivity contribution in [2.24, 2.45) is 11.3 Å². The maximum Gasteiger partial charge on any atom is 0.309 e. The fraction of sp³-hybridized carbons (Fsp3) is 0.933. The lowest BCUT2D eigenvalue weighted by Crippen LogP contribution is -2.46. The van der Waals surface area contributed by atoms with Crippen molar-refractivity contribution in [2.45, 2.75) is 70.8 Å². The molecule has 18 heavy (non-hydrogen) atoms. The molecule has 1 aliphatic carbocycles. The topological polar surface area (TPSA) is 46.5 Å². The zero-order chi connectivity index (χ0) is 13.2. The van der Waals surface area contributed by atoms with Gasteiger partial charge in [0.2, 0.25) is 0 Å². The number of carboxylic acid groups (broad SMARTS) is 1. The molecular weight excluding hydrogens is 228 g/mol. The van der Waals surface area contributed by atoms with E-state index >= 15 is 0 Å². The van der Waals surface area contributed by atoms with E-state index in [0.29, 0.717) is 25.4 Å². The highest BCUT2D eigenvalue weighted by Gasteiger charge is 2.47. The Bertz CT molecular complexity index is 305. The summed E-state index contributed by atoms with van der Waals surface area (Å²) in [6.45, 7) is 4.63. The normalized spacial score (nSPS) is 33.2. The minimum Gasteiger partial charge on any atom is -0.481 e. The Hall–Kier alpha value is -0.570. The van der Waals surface area contributed by atoms with Crippen LogP contribution >= 0.6 is 0 Å². The van der Waals surface area contributed by atoms with E-state index in [9.17, 15) is 9.90 Å². The molecule has 0 spiro atoms. The molecule has 0 aromatic rings. The van der Waals surface area contributed by atoms with Crippen LogP contribution in [-0.2, 0) is 9.53 Å². The Morgan fingerprint density at radius 1 is 1.28 bits per heavy atom. The van der Waals surface area contributed by atoms with Gasteiger partial charge in [-0.3, -0.25) is 4.79 Å². The standard InChI is InChI=1S/C15H26O3/c1-14(2)11-15(13(16)17,8-9-18-14)10-12-6-4-3-5-7-12/h12H,3-11H2,1-2H3,(H,16,17). The minimum absolute atomic E-state index is 0.286. The number of hydrogen-bond acceptors (Lipinski definition) is 2. The molecule has 1 unspecified atom stereocenters. The second-order valence-electron chi connectivity index (χ2n) is 6.83. The lowest BCUT2D eigenvalue weighted by Gasteiger charge is -2.44. The zero-order valence-electron chi connectivity index (χ0n) is 11.7. The van der Waals surface area contributed by atoms with Crippen LogP contribution in [0.15, 0.2) is 0 Å². The van der Waals surface area contributed by atoms with E-state index in [4.69, 9.17) is 4.74 Å². The van der Waals surface area contributed by atoms with Crippen LogP contribution < -0.4 is 0 Å². The summed E-state index contributed by atoms with van der Waals surface area (Å²) >= 11 is 0. The van der Waals surface area contributed by atoms with E-state index in [1.165, 1.54) is 32.1 Å². The molecule has 1 saturated carbocycles. The highest BCUT2D eigenvalue weighted by molar-refractivity contribution is 5.75. The summed E-state index contributed by atoms with van der Waals surface area (Å²) in [4.78, 5) is 11.8. The van der Waals surface area contributed by atoms with E-state index in [2.05, 4.69) is 0 Å². The Labute approximate surface area is 110 Å². The summed E-state index contributed by atoms with van der Waals surface area (Å²) in [6.07, 6.45) is 8.52. The predicted octanol–water partition coefficient (Wildman–Crippen LogP) is 3.62. The summed E-state index contributed by atoms with van der Waals surface area (Å²) in [5, 5.41) is 9.70. The first kappa shape index (κ1) is 13.9. The van der Waals surface area contributed by atoms with Crippen LogP contribution in [-0.4, -0.2) is 23.3 Å². The van der Waals surface area contributed by atoms with Crippen molar-refractivity contribution >= 4 is 5.97 Å². The molecule has 1 saturated heterocycles. The van der Waals surface area contributed by atoms with Gasteiger partial charge in [-0.15, -0.1) is 0 Å². The molecule has 2 aliphatic rings. The van der Waals surface area contributed by atoms with Crippen LogP contribution in [0.25, 0.3) is 0 Å². The fourth-order valence-corrected chi connectivity index (χ4v) is 3.86. The van der Waals surface area contributed by atoms with Gasteiger partial charge in [-0.1, -0.05) is 32.1 Å². The third kappa shape index (κ3) is 3.05. The Kier molecular flexibility index (Phi) is 4.00. The van der Waals surface area contributed by atoms with Crippen LogP contribution in [0.4, 0.5) is 0 Å². The summed E-state index contributed by atoms with van der Waals surface area (Å²) in [7, 11) is 0. The van der Waals surface area contributed by atoms with Crippen molar-refractivity contribution in [2.75, 3.05) is 6.61 Å². The molecule has 104 valence electrons. The molecule has 1 N–H and O–H groups in total. The lowest BCUT2D eigenvalue weighted by molar-refractivity contribution is -0.170. The molecule has 0 aromatic heterocycles. The maximum absolute atomic E-state index is 11.8. The number of ether oxygens (including phenoxy) is 1. The van der Waals surface area contributed by atoms with Gasteiger partial charge in [0.05, 0.1) is 11.0 Å². The van der Waals surface area contributed by atoms with Crippen LogP contribution in [0.3, 0.4) is 0 Å². The van der Waals surface area contributed by atoms with E-state index in [0.717, 1.165) is 6.42 Å². The average Bonchev–Trinajstić information content (AvgIpc) is 2.28. The highest BCUT2D eigenvalue weighted by Crippen LogP contribution is 2.46. The molecule has 1 heterocycles. The average molecular weight is 254 g/mol. The second-order valence-corrected chi connectivity index (χ2v) is 6.83. The quantitative estimate of drug-likeness (QED) is 0.836. The third-order valence-corrected chi connectivity index (χ3v) is 4.70. The SMILES string of the molecule is CC1(C)CC(CC2CCCCC2)(C(=O)O)CCO1. The summed E-state index contributed by atoms with van der Waals surface area (Å²) in [5.41, 5.74) is -0.824. The molecule has 2 fully saturated rings. The van der Waals surface area contributed by atoms with E-state index in [-0.39, 0.29) is 5.60 Å². The van der Waals surface area contributed by atoms with Crippen molar-refractivity contribution in [1.82, 2.24) is 0 Å². The van der Waals surface area contributed by atoms with Gasteiger partial charge in [-0.05, 0) is 39.0 Å². The summed E-state index contributed by atoms with van der Waals surface area (Å²) in [6, 6.07) is 0. The Morgan fingerprint density at radius 2 is 1.94 bits per heavy atom. The minimum atomic E-state index is -0.607. The first-order valence-electron chi connectivity index (χ1n) is 7.31. The smallest absolute Gasteiger partial charge is 0.309 e. The number of hydrogen-bond donors (Lipinski definition) is 1. The molecule has 2 rings (SSSR count). The van der Waals surface area contributed by atoms with Gasteiger partial charge in [0.1, 0.15) is 0 Å². The fourth-order valence-electron chi connectivity index (χ4n) is 3.86. The van der Waals surface area contributed by atoms with Crippen LogP contribution in [0.5, 0.6) is 0 Å². The largest absolute Gasteiger partial charge is 0.481 e. The molecule has 0 radical (unpaired) electrons. The van der Waals surface area contributed by atoms with Gasteiger partial charge in [-0.25, -0.2) is 0 Å². The maximum atomic E-state index is 11.8. The molecule has 3 nitrogen and oxygen atoms in total. The van der Waals surface area contributed by atoms with E-state index in [1.807, 2.05) is 13.8 Å². The van der Waals surface area contributed by atoms with Crippen molar-refractivity contribution in [3.05, 3.63) is 0 Å². The predicted molar refractivity (Wildman–Crippen MR) is 70.5 cm³/mol. The van der Waals surface area contributed by atoms with Crippen molar-refractivity contribution in [1.29, 1.82) is 0 Å². The van der Waals surface area contributed by atoms with Crippen molar-refractivity contribution in [3.63, 3.8) is 0 Å². The molecule has 0 amide bonds. The van der Waals surface area contributed by atoms with E-state index in [1.54, 1.807) is 0 Å². The first-order chi connectivity index (χ1) is 8.44. The van der Waals surface area contributed by atoms with Crippen molar-refractivity contribution < 1.29 is 14.6 Å². The molecule has 1 aliphatic heterocycles. The molecule has 0 bridgehead atoms.